The van der Waals surface area contributed by atoms with E-state index >= 15 is 0 Å². The van der Waals surface area contributed by atoms with Crippen molar-refractivity contribution in [2.24, 2.45) is 0 Å². The average molecular weight is 494 g/mol. The van der Waals surface area contributed by atoms with Crippen LogP contribution in [0.3, 0.4) is 0 Å². The Balaban J connectivity index is 1.48. The van der Waals surface area contributed by atoms with Gasteiger partial charge in [0.25, 0.3) is 5.91 Å². The van der Waals surface area contributed by atoms with Gasteiger partial charge >= 0.3 is 0 Å². The monoisotopic (exact) mass is 493 g/mol. The molecule has 0 aliphatic heterocycles. The van der Waals surface area contributed by atoms with Crippen molar-refractivity contribution in [2.75, 3.05) is 20.3 Å². The summed E-state index contributed by atoms with van der Waals surface area (Å²) in [5, 5.41) is 14.2. The fourth-order valence-electron chi connectivity index (χ4n) is 4.93. The van der Waals surface area contributed by atoms with Crippen LogP contribution >= 0.6 is 0 Å². The largest absolute Gasteiger partial charge is 0.491 e. The van der Waals surface area contributed by atoms with E-state index in [0.29, 0.717) is 30.4 Å². The van der Waals surface area contributed by atoms with Crippen LogP contribution in [0.2, 0.25) is 0 Å². The summed E-state index contributed by atoms with van der Waals surface area (Å²) in [5.41, 5.74) is 5.13. The zero-order valence-electron chi connectivity index (χ0n) is 21.2. The first-order valence-electron chi connectivity index (χ1n) is 12.8. The minimum absolute atomic E-state index is 0.0972. The molecule has 5 rings (SSSR count). The molecule has 0 bridgehead atoms. The van der Waals surface area contributed by atoms with Crippen LogP contribution in [0.5, 0.6) is 5.75 Å². The molecule has 1 aromatic heterocycles. The third kappa shape index (κ3) is 4.96. The quantitative estimate of drug-likeness (QED) is 0.273. The summed E-state index contributed by atoms with van der Waals surface area (Å²) in [5.74, 6) is 0.638. The number of carbonyl (C=O) groups is 1. The van der Waals surface area contributed by atoms with Gasteiger partial charge < -0.3 is 19.4 Å². The molecule has 6 nitrogen and oxygen atoms in total. The van der Waals surface area contributed by atoms with Crippen molar-refractivity contribution in [1.29, 1.82) is 5.26 Å². The van der Waals surface area contributed by atoms with Gasteiger partial charge in [0.05, 0.1) is 29.4 Å². The molecular formula is C31H31N3O3. The number of hydrogen-bond donors (Lipinski definition) is 1. The van der Waals surface area contributed by atoms with Crippen molar-refractivity contribution in [3.8, 4) is 23.1 Å². The summed E-state index contributed by atoms with van der Waals surface area (Å²) < 4.78 is 13.3. The summed E-state index contributed by atoms with van der Waals surface area (Å²) in [6, 6.07) is 26.1. The number of carbonyl (C=O) groups excluding carboxylic acids is 1. The first-order chi connectivity index (χ1) is 18.1. The molecule has 1 aliphatic rings. The second-order valence-electron chi connectivity index (χ2n) is 9.49. The summed E-state index contributed by atoms with van der Waals surface area (Å²) in [6.07, 6.45) is 3.33. The van der Waals surface area contributed by atoms with Gasteiger partial charge in [0.15, 0.2) is 0 Å². The Morgan fingerprint density at radius 1 is 1.08 bits per heavy atom. The fourth-order valence-corrected chi connectivity index (χ4v) is 4.93. The van der Waals surface area contributed by atoms with Crippen LogP contribution in [0, 0.1) is 11.3 Å². The molecule has 1 heterocycles. The Labute approximate surface area is 217 Å². The third-order valence-corrected chi connectivity index (χ3v) is 7.15. The molecule has 3 aromatic carbocycles. The van der Waals surface area contributed by atoms with Gasteiger partial charge in [-0.2, -0.15) is 5.26 Å². The lowest BCUT2D eigenvalue weighted by atomic mass is 9.92. The molecule has 0 saturated heterocycles. The Morgan fingerprint density at radius 2 is 1.84 bits per heavy atom. The standard InChI is InChI=1S/C31H31N3O3/c1-21(22-7-4-3-5-8-22)33-31(35)24-13-11-23(12-14-24)30-28(20-32)27-16-15-26(37-18-17-36-2)19-29(27)34(30)25-9-6-10-25/h3-5,7-8,11-16,19,21,25H,6,9-10,17-18H2,1-2H3,(H,33,35). The predicted octanol–water partition coefficient (Wildman–Crippen LogP) is 6.42. The minimum atomic E-state index is -0.124. The van der Waals surface area contributed by atoms with Gasteiger partial charge in [-0.05, 0) is 61.6 Å². The zero-order chi connectivity index (χ0) is 25.8. The summed E-state index contributed by atoms with van der Waals surface area (Å²) in [6.45, 7) is 2.96. The SMILES string of the molecule is COCCOc1ccc2c(C#N)c(-c3ccc(C(=O)NC(C)c4ccccc4)cc3)n(C3CCC3)c2c1. The molecule has 1 amide bonds. The number of ether oxygens (including phenoxy) is 2. The van der Waals surface area contributed by atoms with Gasteiger partial charge in [-0.15, -0.1) is 0 Å². The van der Waals surface area contributed by atoms with E-state index in [4.69, 9.17) is 9.47 Å². The molecule has 1 N–H and O–H groups in total. The number of benzene rings is 3. The summed E-state index contributed by atoms with van der Waals surface area (Å²) >= 11 is 0. The van der Waals surface area contributed by atoms with E-state index in [1.165, 1.54) is 6.42 Å². The molecular weight excluding hydrogens is 462 g/mol. The lowest BCUT2D eigenvalue weighted by Gasteiger charge is -2.30. The minimum Gasteiger partial charge on any atom is -0.491 e. The number of hydrogen-bond acceptors (Lipinski definition) is 4. The van der Waals surface area contributed by atoms with Crippen LogP contribution in [-0.4, -0.2) is 30.8 Å². The van der Waals surface area contributed by atoms with E-state index < -0.39 is 0 Å². The average Bonchev–Trinajstić information content (AvgIpc) is 3.21. The molecule has 4 aromatic rings. The van der Waals surface area contributed by atoms with Crippen molar-refractivity contribution in [3.63, 3.8) is 0 Å². The highest BCUT2D eigenvalue weighted by Crippen LogP contribution is 2.43. The van der Waals surface area contributed by atoms with Crippen LogP contribution in [0.4, 0.5) is 0 Å². The van der Waals surface area contributed by atoms with E-state index in [1.54, 1.807) is 7.11 Å². The Kier molecular flexibility index (Phi) is 7.25. The fraction of sp³-hybridized carbons (Fsp3) is 0.290. The van der Waals surface area contributed by atoms with Gasteiger partial charge in [-0.25, -0.2) is 0 Å². The summed E-state index contributed by atoms with van der Waals surface area (Å²) in [7, 11) is 1.65. The van der Waals surface area contributed by atoms with Crippen molar-refractivity contribution >= 4 is 16.8 Å². The number of nitrogens with zero attached hydrogens (tertiary/aromatic N) is 2. The Bertz CT molecular complexity index is 1430. The van der Waals surface area contributed by atoms with Crippen LogP contribution < -0.4 is 10.1 Å². The van der Waals surface area contributed by atoms with E-state index in [-0.39, 0.29) is 11.9 Å². The number of methoxy groups -OCH3 is 1. The number of nitrogens with one attached hydrogen (secondary N) is 1. The van der Waals surface area contributed by atoms with E-state index in [1.807, 2.05) is 79.7 Å². The smallest absolute Gasteiger partial charge is 0.251 e. The van der Waals surface area contributed by atoms with Gasteiger partial charge in [0.2, 0.25) is 0 Å². The molecule has 1 aliphatic carbocycles. The van der Waals surface area contributed by atoms with Crippen molar-refractivity contribution in [1.82, 2.24) is 9.88 Å². The number of nitriles is 1. The second-order valence-corrected chi connectivity index (χ2v) is 9.49. The molecule has 1 atom stereocenters. The highest BCUT2D eigenvalue weighted by Gasteiger charge is 2.28. The maximum absolute atomic E-state index is 12.9. The van der Waals surface area contributed by atoms with Gasteiger partial charge in [0, 0.05) is 30.2 Å². The normalized spacial score (nSPS) is 14.1. The molecule has 6 heteroatoms. The lowest BCUT2D eigenvalue weighted by Crippen LogP contribution is -2.26. The maximum atomic E-state index is 12.9. The molecule has 1 unspecified atom stereocenters. The van der Waals surface area contributed by atoms with Crippen LogP contribution in [-0.2, 0) is 4.74 Å². The van der Waals surface area contributed by atoms with Crippen molar-refractivity contribution in [2.45, 2.75) is 38.3 Å². The van der Waals surface area contributed by atoms with Crippen molar-refractivity contribution in [3.05, 3.63) is 89.5 Å². The van der Waals surface area contributed by atoms with Gasteiger partial charge in [-0.1, -0.05) is 42.5 Å². The van der Waals surface area contributed by atoms with Crippen LogP contribution in [0.1, 0.15) is 59.8 Å². The predicted molar refractivity (Wildman–Crippen MR) is 145 cm³/mol. The lowest BCUT2D eigenvalue weighted by molar-refractivity contribution is 0.0940. The molecule has 37 heavy (non-hydrogen) atoms. The van der Waals surface area contributed by atoms with E-state index in [0.717, 1.165) is 46.3 Å². The molecule has 0 spiro atoms. The van der Waals surface area contributed by atoms with Gasteiger partial charge in [-0.3, -0.25) is 4.79 Å². The van der Waals surface area contributed by atoms with Crippen LogP contribution in [0.25, 0.3) is 22.2 Å². The molecule has 0 radical (unpaired) electrons. The van der Waals surface area contributed by atoms with Gasteiger partial charge in [0.1, 0.15) is 18.4 Å². The number of rotatable bonds is 9. The number of fused-ring (bicyclic) bond motifs is 1. The van der Waals surface area contributed by atoms with E-state index in [9.17, 15) is 10.1 Å². The van der Waals surface area contributed by atoms with E-state index in [2.05, 4.69) is 16.0 Å². The maximum Gasteiger partial charge on any atom is 0.251 e. The number of aromatic nitrogens is 1. The Hall–Kier alpha value is -4.08. The Morgan fingerprint density at radius 3 is 2.49 bits per heavy atom. The number of amides is 1. The topological polar surface area (TPSA) is 76.3 Å². The molecule has 188 valence electrons. The molecule has 1 fully saturated rings. The highest BCUT2D eigenvalue weighted by atomic mass is 16.5. The summed E-state index contributed by atoms with van der Waals surface area (Å²) in [4.78, 5) is 12.9. The molecule has 1 saturated carbocycles. The van der Waals surface area contributed by atoms with Crippen molar-refractivity contribution < 1.29 is 14.3 Å². The first kappa shape index (κ1) is 24.6. The second kappa shape index (κ2) is 10.9. The zero-order valence-corrected chi connectivity index (χ0v) is 21.2. The van der Waals surface area contributed by atoms with Crippen LogP contribution in [0.15, 0.2) is 72.8 Å². The first-order valence-corrected chi connectivity index (χ1v) is 12.8. The third-order valence-electron chi connectivity index (χ3n) is 7.15. The highest BCUT2D eigenvalue weighted by molar-refractivity contribution is 5.97.